The molecule has 5 N–H and O–H groups in total. The van der Waals surface area contributed by atoms with E-state index >= 15 is 0 Å². The van der Waals surface area contributed by atoms with Crippen molar-refractivity contribution in [3.8, 4) is 23.3 Å². The number of thioether (sulfide) groups is 1. The number of aromatic hydroxyl groups is 1. The Morgan fingerprint density at radius 2 is 0.988 bits per heavy atom. The van der Waals surface area contributed by atoms with E-state index in [4.69, 9.17) is 24.9 Å². The topological polar surface area (TPSA) is 356 Å². The number of esters is 2. The van der Waals surface area contributed by atoms with Crippen LogP contribution in [0.2, 0.25) is 0 Å². The molecule has 0 bridgehead atoms. The summed E-state index contributed by atoms with van der Waals surface area (Å²) < 4.78 is 93.8. The molecule has 80 heavy (non-hydrogen) atoms. The van der Waals surface area contributed by atoms with Gasteiger partial charge in [-0.3, -0.25) is 19.0 Å². The zero-order valence-corrected chi connectivity index (χ0v) is 55.0. The number of benzene rings is 3. The van der Waals surface area contributed by atoms with E-state index in [0.717, 1.165) is 58.0 Å². The molecule has 0 amide bonds. The van der Waals surface area contributed by atoms with Crippen molar-refractivity contribution >= 4 is 105 Å². The Balaban J connectivity index is 0.000000579. The van der Waals surface area contributed by atoms with Gasteiger partial charge < -0.3 is 35.0 Å². The van der Waals surface area contributed by atoms with Crippen LogP contribution in [0.4, 0.5) is 11.4 Å². The summed E-state index contributed by atoms with van der Waals surface area (Å²) in [5.74, 6) is -5.95. The minimum absolute atomic E-state index is 0. The van der Waals surface area contributed by atoms with E-state index < -0.39 is 59.9 Å². The summed E-state index contributed by atoms with van der Waals surface area (Å²) in [5, 5.41) is 62.0. The van der Waals surface area contributed by atoms with Gasteiger partial charge >= 0.3 is 83.0 Å². The number of allylic oxidation sites excluding steroid dienone is 2. The second-order valence-electron chi connectivity index (χ2n) is 19.3. The van der Waals surface area contributed by atoms with E-state index in [-0.39, 0.29) is 139 Å². The first-order chi connectivity index (χ1) is 35.8. The number of nitriles is 1. The van der Waals surface area contributed by atoms with E-state index in [1.807, 2.05) is 62.3 Å². The van der Waals surface area contributed by atoms with Crippen molar-refractivity contribution in [2.45, 2.75) is 114 Å². The Kier molecular flexibility index (Phi) is 27.0. The van der Waals surface area contributed by atoms with Crippen molar-refractivity contribution in [2.24, 2.45) is 4.40 Å². The number of carboxylic acids is 2. The number of thiophene rings is 2. The maximum absolute atomic E-state index is 12.7. The minimum Gasteiger partial charge on any atom is -0.883 e. The van der Waals surface area contributed by atoms with Gasteiger partial charge in [0.2, 0.25) is 0 Å². The Morgan fingerprint density at radius 3 is 1.35 bits per heavy atom. The Morgan fingerprint density at radius 1 is 0.625 bits per heavy atom. The summed E-state index contributed by atoms with van der Waals surface area (Å²) in [5.41, 5.74) is 1.21. The molecular formula is C51H56N4Na2O17S6. The molecule has 3 heterocycles. The maximum Gasteiger partial charge on any atom is 1.00 e. The number of anilines is 2. The molecule has 2 aromatic heterocycles. The predicted molar refractivity (Wildman–Crippen MR) is 294 cm³/mol. The van der Waals surface area contributed by atoms with Gasteiger partial charge in [0.1, 0.15) is 30.2 Å². The predicted octanol–water partition coefficient (Wildman–Crippen LogP) is 2.45. The first-order valence-corrected chi connectivity index (χ1v) is 29.6. The number of carboxylic acid groups (broad SMARTS) is 2. The molecule has 0 saturated heterocycles. The smallest absolute Gasteiger partial charge is 0.883 e. The molecule has 21 nitrogen and oxygen atoms in total. The fourth-order valence-electron chi connectivity index (χ4n) is 6.28. The zero-order chi connectivity index (χ0) is 59.5. The Bertz CT molecular complexity index is 3580. The largest absolute Gasteiger partial charge is 1.00 e. The van der Waals surface area contributed by atoms with Gasteiger partial charge in [-0.05, 0) is 104 Å². The van der Waals surface area contributed by atoms with Gasteiger partial charge in [-0.1, -0.05) is 92.3 Å². The molecule has 0 fully saturated rings. The van der Waals surface area contributed by atoms with Gasteiger partial charge in [-0.25, -0.2) is 26.4 Å². The van der Waals surface area contributed by atoms with Crippen LogP contribution >= 0.6 is 34.4 Å². The van der Waals surface area contributed by atoms with E-state index in [1.54, 1.807) is 24.3 Å². The quantitative estimate of drug-likeness (QED) is 0.0518. The third kappa shape index (κ3) is 20.6. The summed E-state index contributed by atoms with van der Waals surface area (Å²) in [7, 11) is -12.6. The maximum atomic E-state index is 12.7. The average molecular weight is 1240 g/mol. The summed E-state index contributed by atoms with van der Waals surface area (Å²) >= 11 is 2.63. The van der Waals surface area contributed by atoms with Crippen molar-refractivity contribution in [3.05, 3.63) is 126 Å². The summed E-state index contributed by atoms with van der Waals surface area (Å²) in [6.45, 7) is 21.2. The number of ether oxygens (including phenoxy) is 2. The fourth-order valence-corrected chi connectivity index (χ4v) is 11.9. The number of hydrogen-bond donors (Lipinski definition) is 5. The number of rotatable bonds is 12. The van der Waals surface area contributed by atoms with Crippen molar-refractivity contribution in [2.75, 3.05) is 9.44 Å². The average Bonchev–Trinajstić information content (AvgIpc) is 4.07. The Labute approximate surface area is 521 Å². The van der Waals surface area contributed by atoms with Crippen LogP contribution < -0.4 is 88.2 Å². The van der Waals surface area contributed by atoms with Crippen LogP contribution in [0, 0.1) is 11.3 Å². The van der Waals surface area contributed by atoms with Crippen LogP contribution in [-0.4, -0.2) is 70.2 Å². The number of sulfonamides is 3. The number of carbonyl (C=O) groups is 4. The molecule has 0 unspecified atom stereocenters. The SMILES string of the molecule is CC#N.CC(=O)Oc1cc(C(C)(C)C)ccc1S(=O)(=O)N=C1C=CSC1=C([O-])[O-].CC(=O)Oc1cc(C(C)(C)C)ccc1S(=O)(=O)Nc1ccsc1C(=O)O.CC(C)(C)c1ccc(S(=O)(=O)Nc2ccsc2C(=O)O)c(O)c1.[Na+].[Na+]. The minimum atomic E-state index is -4.31. The van der Waals surface area contributed by atoms with Crippen LogP contribution in [0.3, 0.4) is 0 Å². The van der Waals surface area contributed by atoms with Crippen LogP contribution in [0.25, 0.3) is 0 Å². The number of phenolic OH excluding ortho intramolecular Hbond substituents is 1. The summed E-state index contributed by atoms with van der Waals surface area (Å²) in [4.78, 5) is 43.6. The number of aromatic carboxylic acids is 2. The zero-order valence-electron chi connectivity index (χ0n) is 46.1. The summed E-state index contributed by atoms with van der Waals surface area (Å²) in [6.07, 6.45) is 1.27. The van der Waals surface area contributed by atoms with Gasteiger partial charge in [0, 0.05) is 25.7 Å². The number of phenols is 1. The molecule has 5 aromatic rings. The molecular weight excluding hydrogens is 1180 g/mol. The molecule has 29 heteroatoms. The van der Waals surface area contributed by atoms with Gasteiger partial charge in [0.25, 0.3) is 30.1 Å². The van der Waals surface area contributed by atoms with Crippen molar-refractivity contribution in [3.63, 3.8) is 0 Å². The third-order valence-electron chi connectivity index (χ3n) is 10.1. The number of hydrogen-bond acceptors (Lipinski definition) is 19. The van der Waals surface area contributed by atoms with Crippen molar-refractivity contribution in [1.29, 1.82) is 5.26 Å². The van der Waals surface area contributed by atoms with Crippen LogP contribution in [-0.2, 0) is 55.9 Å². The first-order valence-electron chi connectivity index (χ1n) is 22.5. The monoisotopic (exact) mass is 1230 g/mol. The molecule has 3 aromatic carbocycles. The van der Waals surface area contributed by atoms with Gasteiger partial charge in [-0.2, -0.15) is 24.0 Å². The Hall–Kier alpha value is -5.22. The van der Waals surface area contributed by atoms with Gasteiger partial charge in [0.15, 0.2) is 11.5 Å². The van der Waals surface area contributed by atoms with Crippen molar-refractivity contribution < 1.29 is 139 Å². The van der Waals surface area contributed by atoms with E-state index in [2.05, 4.69) is 13.8 Å². The second-order valence-corrected chi connectivity index (χ2v) is 26.9. The van der Waals surface area contributed by atoms with E-state index in [9.17, 15) is 59.8 Å². The molecule has 1 aliphatic heterocycles. The molecule has 420 valence electrons. The number of carbonyl (C=O) groups excluding carboxylic acids is 2. The molecule has 6 rings (SSSR count). The molecule has 0 aliphatic carbocycles. The molecule has 0 spiro atoms. The normalized spacial score (nSPS) is 12.7. The van der Waals surface area contributed by atoms with Crippen LogP contribution in [0.15, 0.2) is 119 Å². The van der Waals surface area contributed by atoms with Crippen LogP contribution in [0.1, 0.15) is 119 Å². The fraction of sp³-hybridized carbons (Fsp3) is 0.294. The van der Waals surface area contributed by atoms with E-state index in [0.29, 0.717) is 0 Å². The number of nitrogens with zero attached hydrogens (tertiary/aromatic N) is 2. The standard InChI is InChI=1S/2C17H19NO6S2.C15H17NO5S2.C2H3N.2Na/c2*1-10(19)24-13-9-11(17(2,3)4)5-6-14(13)26(22,23)18-12-7-8-25-15(12)16(20)21;1-15(2,3)9-4-5-12(11(17)8-9)23(20,21)16-10-6-7-22-13(10)14(18)19;1-2-3;;/h5-9,20-21H,1-4H3;5-9,18H,1-4H3,(H,20,21);4-8,16-17H,1-3H3,(H,18,19);1H3;;/q;;;;2*+1/p-2. The first kappa shape index (κ1) is 72.8. The van der Waals surface area contributed by atoms with Crippen molar-refractivity contribution in [1.82, 2.24) is 0 Å². The molecule has 0 saturated carbocycles. The molecule has 0 radical (unpaired) electrons. The number of nitrogens with one attached hydrogen (secondary N) is 2. The van der Waals surface area contributed by atoms with Gasteiger partial charge in [0.05, 0.1) is 23.2 Å². The second kappa shape index (κ2) is 29.7. The summed E-state index contributed by atoms with van der Waals surface area (Å²) in [6, 6.07) is 17.7. The molecule has 1 aliphatic rings. The third-order valence-corrected chi connectivity index (χ3v) is 16.9. The van der Waals surface area contributed by atoms with Crippen LogP contribution in [0.5, 0.6) is 17.2 Å². The van der Waals surface area contributed by atoms with Gasteiger partial charge in [-0.15, -0.1) is 22.7 Å². The van der Waals surface area contributed by atoms with E-state index in [1.165, 1.54) is 84.6 Å². The molecule has 0 atom stereocenters.